The minimum atomic E-state index is -3.63. The van der Waals surface area contributed by atoms with Gasteiger partial charge in [0.25, 0.3) is 10.0 Å². The van der Waals surface area contributed by atoms with Crippen LogP contribution in [0.1, 0.15) is 50.8 Å². The number of rotatable bonds is 6. The molecule has 0 unspecified atom stereocenters. The van der Waals surface area contributed by atoms with Crippen LogP contribution in [0.5, 0.6) is 0 Å². The van der Waals surface area contributed by atoms with Crippen LogP contribution in [0.3, 0.4) is 0 Å². The third kappa shape index (κ3) is 4.53. The van der Waals surface area contributed by atoms with E-state index in [4.69, 9.17) is 6.42 Å². The summed E-state index contributed by atoms with van der Waals surface area (Å²) < 4.78 is 28.0. The molecule has 3 heterocycles. The van der Waals surface area contributed by atoms with Crippen molar-refractivity contribution in [2.24, 2.45) is 0 Å². The fourth-order valence-corrected chi connectivity index (χ4v) is 5.53. The van der Waals surface area contributed by atoms with Crippen molar-refractivity contribution < 1.29 is 8.42 Å². The molecule has 1 fully saturated rings. The van der Waals surface area contributed by atoms with Crippen molar-refractivity contribution in [1.82, 2.24) is 24.9 Å². The third-order valence-electron chi connectivity index (χ3n) is 4.31. The van der Waals surface area contributed by atoms with E-state index in [-0.39, 0.29) is 4.21 Å². The van der Waals surface area contributed by atoms with Crippen LogP contribution in [0.15, 0.2) is 28.6 Å². The highest BCUT2D eigenvalue weighted by Crippen LogP contribution is 2.39. The minimum absolute atomic E-state index is 0.202. The summed E-state index contributed by atoms with van der Waals surface area (Å²) in [4.78, 5) is 9.46. The molecule has 0 atom stereocenters. The molecule has 3 N–H and O–H groups in total. The van der Waals surface area contributed by atoms with E-state index in [1.54, 1.807) is 39.1 Å². The van der Waals surface area contributed by atoms with Gasteiger partial charge in [-0.3, -0.25) is 5.10 Å². The maximum Gasteiger partial charge on any atom is 0.250 e. The molecule has 0 saturated heterocycles. The molecule has 1 saturated carbocycles. The second kappa shape index (κ2) is 7.50. The van der Waals surface area contributed by atoms with Gasteiger partial charge >= 0.3 is 0 Å². The van der Waals surface area contributed by atoms with E-state index in [0.29, 0.717) is 33.8 Å². The first-order valence-corrected chi connectivity index (χ1v) is 11.7. The van der Waals surface area contributed by atoms with Crippen molar-refractivity contribution in [2.75, 3.05) is 5.32 Å². The van der Waals surface area contributed by atoms with Gasteiger partial charge in [0.1, 0.15) is 4.21 Å². The molecule has 3 aromatic heterocycles. The highest BCUT2D eigenvalue weighted by atomic mass is 32.2. The van der Waals surface area contributed by atoms with E-state index in [1.807, 2.05) is 6.07 Å². The Kier molecular flexibility index (Phi) is 5.13. The van der Waals surface area contributed by atoms with Crippen LogP contribution < -0.4 is 10.0 Å². The normalized spacial score (nSPS) is 14.5. The lowest BCUT2D eigenvalue weighted by Crippen LogP contribution is -2.40. The smallest absolute Gasteiger partial charge is 0.250 e. The van der Waals surface area contributed by atoms with Crippen LogP contribution in [0.4, 0.5) is 11.6 Å². The van der Waals surface area contributed by atoms with Crippen LogP contribution in [0.25, 0.3) is 10.7 Å². The largest absolute Gasteiger partial charge is 0.322 e. The first kappa shape index (κ1) is 20.5. The molecule has 30 heavy (non-hydrogen) atoms. The topological polar surface area (TPSA) is 113 Å². The first-order valence-electron chi connectivity index (χ1n) is 9.45. The van der Waals surface area contributed by atoms with Gasteiger partial charge in [0.05, 0.1) is 10.4 Å². The van der Waals surface area contributed by atoms with E-state index in [0.717, 1.165) is 17.0 Å². The van der Waals surface area contributed by atoms with Gasteiger partial charge in [-0.25, -0.2) is 23.1 Å². The highest BCUT2D eigenvalue weighted by Gasteiger charge is 2.26. The molecular weight excluding hydrogens is 420 g/mol. The highest BCUT2D eigenvalue weighted by molar-refractivity contribution is 7.91. The van der Waals surface area contributed by atoms with Gasteiger partial charge in [-0.1, -0.05) is 5.92 Å². The van der Waals surface area contributed by atoms with Crippen molar-refractivity contribution in [3.8, 4) is 23.0 Å². The molecule has 10 heteroatoms. The third-order valence-corrected chi connectivity index (χ3v) is 7.64. The molecule has 4 rings (SSSR count). The van der Waals surface area contributed by atoms with Crippen molar-refractivity contribution >= 4 is 33.0 Å². The maximum absolute atomic E-state index is 12.6. The average molecular weight is 443 g/mol. The van der Waals surface area contributed by atoms with E-state index >= 15 is 0 Å². The SMILES string of the molecule is C#Cc1cnc(-c2ccc(S(=O)(=O)NC(C)(C)C)s2)nc1Nc1cc(C2CC2)[nH]n1. The zero-order chi connectivity index (χ0) is 21.5. The Labute approximate surface area is 179 Å². The Morgan fingerprint density at radius 2 is 2.07 bits per heavy atom. The number of hydrogen-bond acceptors (Lipinski definition) is 7. The number of terminal acetylenes is 1. The van der Waals surface area contributed by atoms with Crippen LogP contribution in [0, 0.1) is 12.3 Å². The monoisotopic (exact) mass is 442 g/mol. The number of sulfonamides is 1. The summed E-state index contributed by atoms with van der Waals surface area (Å²) in [6.07, 6.45) is 9.47. The molecule has 0 radical (unpaired) electrons. The molecule has 0 bridgehead atoms. The predicted octanol–water partition coefficient (Wildman–Crippen LogP) is 3.61. The van der Waals surface area contributed by atoms with Crippen LogP contribution in [-0.2, 0) is 10.0 Å². The summed E-state index contributed by atoms with van der Waals surface area (Å²) in [6, 6.07) is 5.19. The predicted molar refractivity (Wildman–Crippen MR) is 117 cm³/mol. The summed E-state index contributed by atoms with van der Waals surface area (Å²) in [7, 11) is -3.63. The molecule has 1 aliphatic rings. The lowest BCUT2D eigenvalue weighted by molar-refractivity contribution is 0.492. The summed E-state index contributed by atoms with van der Waals surface area (Å²) >= 11 is 1.10. The zero-order valence-corrected chi connectivity index (χ0v) is 18.5. The molecule has 0 amide bonds. The summed E-state index contributed by atoms with van der Waals surface area (Å²) in [5.41, 5.74) is 1.01. The molecule has 0 aromatic carbocycles. The number of nitrogens with zero attached hydrogens (tertiary/aromatic N) is 3. The summed E-state index contributed by atoms with van der Waals surface area (Å²) in [5, 5.41) is 10.4. The molecule has 8 nitrogen and oxygen atoms in total. The van der Waals surface area contributed by atoms with Crippen molar-refractivity contribution in [1.29, 1.82) is 0 Å². The van der Waals surface area contributed by atoms with Crippen LogP contribution in [-0.4, -0.2) is 34.1 Å². The lowest BCUT2D eigenvalue weighted by Gasteiger charge is -2.19. The van der Waals surface area contributed by atoms with Gasteiger partial charge in [-0.15, -0.1) is 17.8 Å². The van der Waals surface area contributed by atoms with Gasteiger partial charge in [0, 0.05) is 29.4 Å². The number of thiophene rings is 1. The summed E-state index contributed by atoms with van der Waals surface area (Å²) in [6.45, 7) is 5.38. The van der Waals surface area contributed by atoms with Crippen molar-refractivity contribution in [3.05, 3.63) is 35.7 Å². The lowest BCUT2D eigenvalue weighted by atomic mass is 10.1. The van der Waals surface area contributed by atoms with Gasteiger partial charge in [-0.05, 0) is 45.7 Å². The van der Waals surface area contributed by atoms with E-state index in [2.05, 4.69) is 36.1 Å². The van der Waals surface area contributed by atoms with E-state index in [9.17, 15) is 8.42 Å². The standard InChI is InChI=1S/C20H22N6O2S2/c1-5-12-11-21-19(15-8-9-17(29-15)30(27,28)26-20(2,3)4)23-18(12)22-16-10-14(24-25-16)13-6-7-13/h1,8-11,13,26H,6-7H2,2-4H3,(H2,21,22,23,24,25). The van der Waals surface area contributed by atoms with Gasteiger partial charge < -0.3 is 5.32 Å². The molecule has 1 aliphatic carbocycles. The molecular formula is C20H22N6O2S2. The number of hydrogen-bond donors (Lipinski definition) is 3. The van der Waals surface area contributed by atoms with Crippen molar-refractivity contribution in [2.45, 2.75) is 49.3 Å². The number of H-pyrrole nitrogens is 1. The maximum atomic E-state index is 12.6. The Hall–Kier alpha value is -2.74. The van der Waals surface area contributed by atoms with Crippen molar-refractivity contribution in [3.63, 3.8) is 0 Å². The van der Waals surface area contributed by atoms with Crippen LogP contribution in [0.2, 0.25) is 0 Å². The Morgan fingerprint density at radius 1 is 1.30 bits per heavy atom. The number of anilines is 2. The number of aromatic amines is 1. The summed E-state index contributed by atoms with van der Waals surface area (Å²) in [5.74, 6) is 4.57. The van der Waals surface area contributed by atoms with Gasteiger partial charge in [-0.2, -0.15) is 5.10 Å². The Bertz CT molecular complexity index is 1230. The first-order chi connectivity index (χ1) is 14.1. The molecule has 0 aliphatic heterocycles. The average Bonchev–Trinajstić information content (AvgIpc) is 3.19. The van der Waals surface area contributed by atoms with E-state index < -0.39 is 15.6 Å². The van der Waals surface area contributed by atoms with E-state index in [1.165, 1.54) is 12.8 Å². The fourth-order valence-electron chi connectivity index (χ4n) is 2.87. The molecule has 156 valence electrons. The van der Waals surface area contributed by atoms with Gasteiger partial charge in [0.15, 0.2) is 17.5 Å². The van der Waals surface area contributed by atoms with Crippen LogP contribution >= 0.6 is 11.3 Å². The van der Waals surface area contributed by atoms with Gasteiger partial charge in [0.2, 0.25) is 0 Å². The molecule has 3 aromatic rings. The Balaban J connectivity index is 1.61. The fraction of sp³-hybridized carbons (Fsp3) is 0.350. The quantitative estimate of drug-likeness (QED) is 0.503. The molecule has 0 spiro atoms. The Morgan fingerprint density at radius 3 is 2.73 bits per heavy atom. The number of nitrogens with one attached hydrogen (secondary N) is 3. The minimum Gasteiger partial charge on any atom is -0.322 e. The zero-order valence-electron chi connectivity index (χ0n) is 16.9. The second-order valence-corrected chi connectivity index (χ2v) is 11.2. The second-order valence-electron chi connectivity index (χ2n) is 8.18. The number of aromatic nitrogens is 4.